The summed E-state index contributed by atoms with van der Waals surface area (Å²) >= 11 is 0. The fourth-order valence-corrected chi connectivity index (χ4v) is 2.29. The van der Waals surface area contributed by atoms with Gasteiger partial charge in [-0.3, -0.25) is 4.68 Å². The Labute approximate surface area is 90.9 Å². The predicted octanol–water partition coefficient (Wildman–Crippen LogP) is 1.72. The summed E-state index contributed by atoms with van der Waals surface area (Å²) in [7, 11) is 0. The average Bonchev–Trinajstić information content (AvgIpc) is 2.97. The molecule has 1 saturated carbocycles. The van der Waals surface area contributed by atoms with E-state index in [-0.39, 0.29) is 0 Å². The van der Waals surface area contributed by atoms with Gasteiger partial charge in [0, 0.05) is 18.8 Å². The number of nitrogens with zero attached hydrogens (tertiary/aromatic N) is 2. The highest BCUT2D eigenvalue weighted by atomic mass is 15.3. The fourth-order valence-electron chi connectivity index (χ4n) is 2.29. The normalized spacial score (nSPS) is 20.3. The van der Waals surface area contributed by atoms with Crippen molar-refractivity contribution in [3.8, 4) is 0 Å². The number of aromatic nitrogens is 2. The van der Waals surface area contributed by atoms with E-state index < -0.39 is 0 Å². The zero-order chi connectivity index (χ0) is 10.1. The van der Waals surface area contributed by atoms with Crippen LogP contribution >= 0.6 is 0 Å². The van der Waals surface area contributed by atoms with Crippen LogP contribution in [-0.2, 0) is 19.5 Å². The molecule has 3 rings (SSSR count). The number of fused-ring (bicyclic) bond motifs is 1. The molecule has 2 heterocycles. The Balaban J connectivity index is 1.57. The van der Waals surface area contributed by atoms with Crippen molar-refractivity contribution in [2.75, 3.05) is 6.54 Å². The molecule has 0 spiro atoms. The third-order valence-corrected chi connectivity index (χ3v) is 3.40. The first kappa shape index (κ1) is 9.40. The molecule has 0 saturated heterocycles. The molecule has 3 heteroatoms. The van der Waals surface area contributed by atoms with Gasteiger partial charge in [-0.1, -0.05) is 0 Å². The number of hydrogen-bond donors (Lipinski definition) is 1. The van der Waals surface area contributed by atoms with Crippen molar-refractivity contribution in [1.82, 2.24) is 15.1 Å². The molecule has 0 bridgehead atoms. The van der Waals surface area contributed by atoms with Crippen LogP contribution < -0.4 is 5.32 Å². The molecule has 1 aliphatic carbocycles. The third kappa shape index (κ3) is 2.23. The molecule has 0 unspecified atom stereocenters. The molecule has 1 N–H and O–H groups in total. The van der Waals surface area contributed by atoms with Crippen molar-refractivity contribution >= 4 is 0 Å². The van der Waals surface area contributed by atoms with E-state index in [1.807, 2.05) is 0 Å². The lowest BCUT2D eigenvalue weighted by Gasteiger charge is -2.11. The molecule has 0 amide bonds. The minimum Gasteiger partial charge on any atom is -0.311 e. The summed E-state index contributed by atoms with van der Waals surface area (Å²) in [4.78, 5) is 0. The molecule has 0 aromatic carbocycles. The zero-order valence-electron chi connectivity index (χ0n) is 9.21. The summed E-state index contributed by atoms with van der Waals surface area (Å²) in [5.41, 5.74) is 2.66. The number of aryl methyl sites for hydroxylation is 2. The summed E-state index contributed by atoms with van der Waals surface area (Å²) < 4.78 is 2.19. The average molecular weight is 205 g/mol. The topological polar surface area (TPSA) is 29.9 Å². The van der Waals surface area contributed by atoms with Gasteiger partial charge < -0.3 is 5.32 Å². The summed E-state index contributed by atoms with van der Waals surface area (Å²) in [6.45, 7) is 3.26. The van der Waals surface area contributed by atoms with E-state index in [1.54, 1.807) is 0 Å². The lowest BCUT2D eigenvalue weighted by Crippen LogP contribution is -2.16. The second-order valence-electron chi connectivity index (χ2n) is 4.88. The summed E-state index contributed by atoms with van der Waals surface area (Å²) in [5.74, 6) is 0.960. The van der Waals surface area contributed by atoms with E-state index in [1.165, 1.54) is 50.0 Å². The van der Waals surface area contributed by atoms with Crippen molar-refractivity contribution in [2.24, 2.45) is 5.92 Å². The fraction of sp³-hybridized carbons (Fsp3) is 0.750. The highest BCUT2D eigenvalue weighted by Crippen LogP contribution is 2.27. The molecule has 1 aliphatic heterocycles. The standard InChI is InChI=1S/C12H19N3/c1-2-6-15-12(3-1)7-11(14-15)9-13-8-10-4-5-10/h7,10,13H,1-6,8-9H2. The van der Waals surface area contributed by atoms with Crippen LogP contribution in [0.4, 0.5) is 0 Å². The van der Waals surface area contributed by atoms with Crippen LogP contribution in [0.3, 0.4) is 0 Å². The van der Waals surface area contributed by atoms with Gasteiger partial charge in [0.25, 0.3) is 0 Å². The van der Waals surface area contributed by atoms with Crippen molar-refractivity contribution in [3.63, 3.8) is 0 Å². The molecule has 0 radical (unpaired) electrons. The summed E-state index contributed by atoms with van der Waals surface area (Å²) in [5, 5.41) is 8.12. The van der Waals surface area contributed by atoms with Gasteiger partial charge in [-0.05, 0) is 50.6 Å². The zero-order valence-corrected chi connectivity index (χ0v) is 9.21. The first-order valence-corrected chi connectivity index (χ1v) is 6.18. The van der Waals surface area contributed by atoms with Crippen molar-refractivity contribution in [1.29, 1.82) is 0 Å². The van der Waals surface area contributed by atoms with Crippen LogP contribution in [0, 0.1) is 5.92 Å². The van der Waals surface area contributed by atoms with Gasteiger partial charge in [0.15, 0.2) is 0 Å². The van der Waals surface area contributed by atoms with E-state index in [0.717, 1.165) is 19.0 Å². The third-order valence-electron chi connectivity index (χ3n) is 3.40. The Hall–Kier alpha value is -0.830. The maximum absolute atomic E-state index is 4.62. The monoisotopic (exact) mass is 205 g/mol. The molecular formula is C12H19N3. The Morgan fingerprint density at radius 1 is 1.40 bits per heavy atom. The largest absolute Gasteiger partial charge is 0.311 e. The molecule has 1 aromatic rings. The number of rotatable bonds is 4. The molecular weight excluding hydrogens is 186 g/mol. The van der Waals surface area contributed by atoms with E-state index >= 15 is 0 Å². The van der Waals surface area contributed by atoms with Crippen LogP contribution in [-0.4, -0.2) is 16.3 Å². The van der Waals surface area contributed by atoms with E-state index in [9.17, 15) is 0 Å². The first-order valence-electron chi connectivity index (χ1n) is 6.18. The Morgan fingerprint density at radius 3 is 3.13 bits per heavy atom. The second kappa shape index (κ2) is 3.97. The van der Waals surface area contributed by atoms with Crippen molar-refractivity contribution in [2.45, 2.75) is 45.2 Å². The van der Waals surface area contributed by atoms with E-state index in [4.69, 9.17) is 0 Å². The van der Waals surface area contributed by atoms with Crippen LogP contribution in [0.25, 0.3) is 0 Å². The Kier molecular flexibility index (Phi) is 2.49. The maximum atomic E-state index is 4.62. The number of nitrogens with one attached hydrogen (secondary N) is 1. The van der Waals surface area contributed by atoms with Crippen molar-refractivity contribution < 1.29 is 0 Å². The van der Waals surface area contributed by atoms with Crippen LogP contribution in [0.2, 0.25) is 0 Å². The lowest BCUT2D eigenvalue weighted by atomic mass is 10.1. The van der Waals surface area contributed by atoms with E-state index in [2.05, 4.69) is 21.2 Å². The molecule has 82 valence electrons. The summed E-state index contributed by atoms with van der Waals surface area (Å²) in [6.07, 6.45) is 6.69. The van der Waals surface area contributed by atoms with Gasteiger partial charge in [-0.25, -0.2) is 0 Å². The molecule has 1 fully saturated rings. The van der Waals surface area contributed by atoms with Gasteiger partial charge in [0.2, 0.25) is 0 Å². The van der Waals surface area contributed by atoms with Gasteiger partial charge in [0.05, 0.1) is 5.69 Å². The van der Waals surface area contributed by atoms with Gasteiger partial charge in [-0.2, -0.15) is 5.10 Å². The summed E-state index contributed by atoms with van der Waals surface area (Å²) in [6, 6.07) is 2.28. The highest BCUT2D eigenvalue weighted by Gasteiger charge is 2.20. The Bertz CT molecular complexity index is 315. The predicted molar refractivity (Wildman–Crippen MR) is 59.6 cm³/mol. The van der Waals surface area contributed by atoms with Crippen LogP contribution in [0.15, 0.2) is 6.07 Å². The smallest absolute Gasteiger partial charge is 0.0765 e. The molecule has 1 aromatic heterocycles. The van der Waals surface area contributed by atoms with Gasteiger partial charge in [0.1, 0.15) is 0 Å². The second-order valence-corrected chi connectivity index (χ2v) is 4.88. The Morgan fingerprint density at radius 2 is 2.33 bits per heavy atom. The van der Waals surface area contributed by atoms with Crippen molar-refractivity contribution in [3.05, 3.63) is 17.5 Å². The minimum atomic E-state index is 0.955. The van der Waals surface area contributed by atoms with Crippen LogP contribution in [0.1, 0.15) is 37.1 Å². The first-order chi connectivity index (χ1) is 7.42. The molecule has 15 heavy (non-hydrogen) atoms. The minimum absolute atomic E-state index is 0.955. The van der Waals surface area contributed by atoms with E-state index in [0.29, 0.717) is 0 Å². The molecule has 0 atom stereocenters. The van der Waals surface area contributed by atoms with Gasteiger partial charge in [-0.15, -0.1) is 0 Å². The quantitative estimate of drug-likeness (QED) is 0.811. The van der Waals surface area contributed by atoms with Crippen LogP contribution in [0.5, 0.6) is 0 Å². The molecule has 2 aliphatic rings. The highest BCUT2D eigenvalue weighted by molar-refractivity contribution is 5.11. The SMILES string of the molecule is c1c(CNCC2CC2)nn2c1CCCC2. The molecule has 3 nitrogen and oxygen atoms in total. The maximum Gasteiger partial charge on any atom is 0.0765 e. The number of hydrogen-bond acceptors (Lipinski definition) is 2. The van der Waals surface area contributed by atoms with Gasteiger partial charge >= 0.3 is 0 Å². The lowest BCUT2D eigenvalue weighted by molar-refractivity contribution is 0.481.